The van der Waals surface area contributed by atoms with Gasteiger partial charge in [0.2, 0.25) is 5.91 Å². The zero-order chi connectivity index (χ0) is 26.6. The molecule has 0 saturated heterocycles. The number of anilines is 2. The molecule has 0 saturated carbocycles. The molecule has 3 heterocycles. The Morgan fingerprint density at radius 2 is 2.03 bits per heavy atom. The largest absolute Gasteiger partial charge is 0.424 e. The van der Waals surface area contributed by atoms with E-state index in [1.54, 1.807) is 6.07 Å². The first-order valence-corrected chi connectivity index (χ1v) is 12.7. The van der Waals surface area contributed by atoms with Crippen LogP contribution in [-0.2, 0) is 16.1 Å². The number of aryl methyl sites for hydroxylation is 1. The van der Waals surface area contributed by atoms with E-state index in [1.807, 2.05) is 30.7 Å². The van der Waals surface area contributed by atoms with Crippen LogP contribution in [0.1, 0.15) is 53.4 Å². The lowest BCUT2D eigenvalue weighted by molar-refractivity contribution is -0.127. The number of nitrogens with one attached hydrogen (secondary N) is 1. The van der Waals surface area contributed by atoms with Crippen LogP contribution in [0, 0.1) is 5.92 Å². The molecule has 1 aromatic carbocycles. The van der Waals surface area contributed by atoms with Gasteiger partial charge in [-0.15, -0.1) is 0 Å². The Morgan fingerprint density at radius 1 is 1.22 bits per heavy atom. The Kier molecular flexibility index (Phi) is 7.91. The van der Waals surface area contributed by atoms with Crippen molar-refractivity contribution in [3.05, 3.63) is 24.5 Å². The Labute approximate surface area is 216 Å². The van der Waals surface area contributed by atoms with E-state index in [0.717, 1.165) is 24.8 Å². The first-order valence-electron chi connectivity index (χ1n) is 12.7. The van der Waals surface area contributed by atoms with E-state index < -0.39 is 5.60 Å². The molecule has 0 bridgehead atoms. The summed E-state index contributed by atoms with van der Waals surface area (Å²) in [6, 6.07) is 5.66. The molecule has 0 spiro atoms. The van der Waals surface area contributed by atoms with Crippen LogP contribution in [0.2, 0.25) is 0 Å². The van der Waals surface area contributed by atoms with E-state index in [4.69, 9.17) is 25.7 Å². The number of ether oxygens (including phenoxy) is 1. The maximum absolute atomic E-state index is 12.4. The van der Waals surface area contributed by atoms with Gasteiger partial charge in [0.15, 0.2) is 11.2 Å². The Balaban J connectivity index is 1.36. The summed E-state index contributed by atoms with van der Waals surface area (Å²) in [6.45, 7) is 10.1. The monoisotopic (exact) mass is 508 g/mol. The number of oxazole rings is 1. The highest BCUT2D eigenvalue weighted by Crippen LogP contribution is 2.32. The molecular formula is C26H36N8O3. The molecule has 37 heavy (non-hydrogen) atoms. The molecule has 11 nitrogen and oxygen atoms in total. The number of rotatable bonds is 12. The standard InChI is InChI=1S/C26H36N8O3/c1-16(2)9-12-36-26(3,4)14-20(35)29-10-5-6-11-34-24-21(23(27)30-15-31-24)22(33-34)17-7-8-19-18(13-17)32-25(28)37-19/h7-8,13,15-16H,5-6,9-12,14H2,1-4H3,(H2,28,32)(H,29,35)(H2,27,30,31). The number of carbonyl (C=O) groups excluding carboxylic acids is 1. The molecule has 0 aliphatic heterocycles. The number of hydrogen-bond donors (Lipinski definition) is 3. The average Bonchev–Trinajstić information content (AvgIpc) is 3.38. The normalized spacial score (nSPS) is 12.1. The number of fused-ring (bicyclic) bond motifs is 2. The summed E-state index contributed by atoms with van der Waals surface area (Å²) in [6.07, 6.45) is 4.34. The third-order valence-electron chi connectivity index (χ3n) is 6.13. The lowest BCUT2D eigenvalue weighted by Crippen LogP contribution is -2.35. The minimum absolute atomic E-state index is 0.00854. The molecule has 4 rings (SSSR count). The topological polar surface area (TPSA) is 160 Å². The van der Waals surface area contributed by atoms with E-state index in [0.29, 0.717) is 65.7 Å². The summed E-state index contributed by atoms with van der Waals surface area (Å²) in [4.78, 5) is 25.2. The van der Waals surface area contributed by atoms with Crippen molar-refractivity contribution in [2.75, 3.05) is 24.6 Å². The van der Waals surface area contributed by atoms with Crippen molar-refractivity contribution in [1.82, 2.24) is 30.0 Å². The predicted octanol–water partition coefficient (Wildman–Crippen LogP) is 3.93. The highest BCUT2D eigenvalue weighted by Gasteiger charge is 2.23. The second kappa shape index (κ2) is 11.1. The van der Waals surface area contributed by atoms with Gasteiger partial charge in [-0.05, 0) is 57.2 Å². The van der Waals surface area contributed by atoms with Crippen LogP contribution in [0.3, 0.4) is 0 Å². The molecule has 5 N–H and O–H groups in total. The smallest absolute Gasteiger partial charge is 0.292 e. The maximum atomic E-state index is 12.4. The van der Waals surface area contributed by atoms with E-state index >= 15 is 0 Å². The van der Waals surface area contributed by atoms with Crippen LogP contribution in [0.15, 0.2) is 28.9 Å². The third-order valence-corrected chi connectivity index (χ3v) is 6.13. The number of amides is 1. The van der Waals surface area contributed by atoms with Gasteiger partial charge in [-0.25, -0.2) is 14.6 Å². The molecule has 0 aliphatic rings. The molecule has 0 fully saturated rings. The first-order chi connectivity index (χ1) is 17.6. The van der Waals surface area contributed by atoms with Crippen molar-refractivity contribution in [3.63, 3.8) is 0 Å². The number of nitrogen functional groups attached to an aromatic ring is 2. The fourth-order valence-corrected chi connectivity index (χ4v) is 4.17. The highest BCUT2D eigenvalue weighted by molar-refractivity contribution is 5.99. The molecule has 0 aliphatic carbocycles. The van der Waals surface area contributed by atoms with Crippen LogP contribution >= 0.6 is 0 Å². The maximum Gasteiger partial charge on any atom is 0.292 e. The van der Waals surface area contributed by atoms with Crippen LogP contribution in [-0.4, -0.2) is 49.4 Å². The summed E-state index contributed by atoms with van der Waals surface area (Å²) in [5.74, 6) is 0.925. The van der Waals surface area contributed by atoms with Gasteiger partial charge < -0.3 is 25.9 Å². The zero-order valence-corrected chi connectivity index (χ0v) is 22.0. The number of hydrogen-bond acceptors (Lipinski definition) is 9. The van der Waals surface area contributed by atoms with Crippen LogP contribution in [0.25, 0.3) is 33.4 Å². The highest BCUT2D eigenvalue weighted by atomic mass is 16.5. The van der Waals surface area contributed by atoms with Crippen molar-refractivity contribution in [2.45, 2.75) is 65.5 Å². The van der Waals surface area contributed by atoms with Gasteiger partial charge in [-0.2, -0.15) is 10.1 Å². The fraction of sp³-hybridized carbons (Fsp3) is 0.500. The van der Waals surface area contributed by atoms with E-state index in [9.17, 15) is 4.79 Å². The molecule has 0 atom stereocenters. The van der Waals surface area contributed by atoms with E-state index in [1.165, 1.54) is 6.33 Å². The van der Waals surface area contributed by atoms with Gasteiger partial charge in [-0.1, -0.05) is 13.8 Å². The number of benzene rings is 1. The summed E-state index contributed by atoms with van der Waals surface area (Å²) >= 11 is 0. The fourth-order valence-electron chi connectivity index (χ4n) is 4.17. The summed E-state index contributed by atoms with van der Waals surface area (Å²) < 4.78 is 13.1. The number of unbranched alkanes of at least 4 members (excludes halogenated alkanes) is 1. The van der Waals surface area contributed by atoms with Gasteiger partial charge >= 0.3 is 0 Å². The van der Waals surface area contributed by atoms with E-state index in [-0.39, 0.29) is 11.9 Å². The SMILES string of the molecule is CC(C)CCOC(C)(C)CC(=O)NCCCCn1nc(-c2ccc3oc(N)nc3c2)c2c(N)ncnc21. The third kappa shape index (κ3) is 6.53. The molecule has 3 aromatic heterocycles. The number of carbonyl (C=O) groups is 1. The van der Waals surface area contributed by atoms with Gasteiger partial charge in [0.1, 0.15) is 23.4 Å². The molecule has 0 radical (unpaired) electrons. The Morgan fingerprint density at radius 3 is 2.81 bits per heavy atom. The Hall–Kier alpha value is -3.73. The summed E-state index contributed by atoms with van der Waals surface area (Å²) in [5, 5.41) is 8.48. The summed E-state index contributed by atoms with van der Waals surface area (Å²) in [5.41, 5.74) is 14.8. The minimum atomic E-state index is -0.482. The number of nitrogens with zero attached hydrogens (tertiary/aromatic N) is 5. The second-order valence-corrected chi connectivity index (χ2v) is 10.3. The van der Waals surface area contributed by atoms with Gasteiger partial charge in [0.05, 0.1) is 17.4 Å². The lowest BCUT2D eigenvalue weighted by atomic mass is 10.0. The quantitative estimate of drug-likeness (QED) is 0.241. The molecule has 11 heteroatoms. The lowest BCUT2D eigenvalue weighted by Gasteiger charge is -2.25. The minimum Gasteiger partial charge on any atom is -0.424 e. The summed E-state index contributed by atoms with van der Waals surface area (Å²) in [7, 11) is 0. The molecule has 1 amide bonds. The van der Waals surface area contributed by atoms with Crippen LogP contribution in [0.4, 0.5) is 11.8 Å². The number of aromatic nitrogens is 5. The van der Waals surface area contributed by atoms with Crippen LogP contribution in [0.5, 0.6) is 0 Å². The molecule has 4 aromatic rings. The van der Waals surface area contributed by atoms with Crippen molar-refractivity contribution >= 4 is 39.9 Å². The molecular weight excluding hydrogens is 472 g/mol. The van der Waals surface area contributed by atoms with Crippen LogP contribution < -0.4 is 16.8 Å². The van der Waals surface area contributed by atoms with Crippen molar-refractivity contribution in [3.8, 4) is 11.3 Å². The Bertz CT molecular complexity index is 1380. The van der Waals surface area contributed by atoms with Gasteiger partial charge in [0.25, 0.3) is 6.01 Å². The number of nitrogens with two attached hydrogens (primary N) is 2. The zero-order valence-electron chi connectivity index (χ0n) is 22.0. The van der Waals surface area contributed by atoms with Crippen molar-refractivity contribution in [2.24, 2.45) is 5.92 Å². The predicted molar refractivity (Wildman–Crippen MR) is 143 cm³/mol. The molecule has 0 unspecified atom stereocenters. The van der Waals surface area contributed by atoms with Gasteiger partial charge in [0, 0.05) is 25.3 Å². The molecule has 198 valence electrons. The van der Waals surface area contributed by atoms with E-state index in [2.05, 4.69) is 34.1 Å². The van der Waals surface area contributed by atoms with Gasteiger partial charge in [-0.3, -0.25) is 4.79 Å². The average molecular weight is 509 g/mol. The van der Waals surface area contributed by atoms with Crippen molar-refractivity contribution < 1.29 is 13.9 Å². The van der Waals surface area contributed by atoms with Crippen molar-refractivity contribution in [1.29, 1.82) is 0 Å². The second-order valence-electron chi connectivity index (χ2n) is 10.3. The first kappa shape index (κ1) is 26.3.